The lowest BCUT2D eigenvalue weighted by Crippen LogP contribution is -2.30. The van der Waals surface area contributed by atoms with Crippen LogP contribution >= 0.6 is 0 Å². The molecule has 29 heavy (non-hydrogen) atoms. The van der Waals surface area contributed by atoms with E-state index in [0.29, 0.717) is 24.3 Å². The van der Waals surface area contributed by atoms with Crippen molar-refractivity contribution in [3.05, 3.63) is 58.1 Å². The number of nitro benzene ring substituents is 1. The lowest BCUT2D eigenvalue weighted by atomic mass is 10.2. The van der Waals surface area contributed by atoms with Gasteiger partial charge in [-0.3, -0.25) is 14.9 Å². The Balaban J connectivity index is 2.02. The average Bonchev–Trinajstić information content (AvgIpc) is 2.68. The number of rotatable bonds is 9. The molecule has 0 saturated carbocycles. The highest BCUT2D eigenvalue weighted by atomic mass is 32.2. The van der Waals surface area contributed by atoms with Crippen molar-refractivity contribution in [3.63, 3.8) is 0 Å². The third kappa shape index (κ3) is 5.52. The number of benzene rings is 2. The SMILES string of the molecule is CCN(CC)S(=O)(=O)c1ccc(NCC(=O)Nc2ccc(C)cc2[N+](=O)[O-])cc1. The van der Waals surface area contributed by atoms with Crippen LogP contribution in [0.1, 0.15) is 19.4 Å². The number of aryl methyl sites for hydroxylation is 1. The predicted molar refractivity (Wildman–Crippen MR) is 112 cm³/mol. The lowest BCUT2D eigenvalue weighted by molar-refractivity contribution is -0.384. The third-order valence-electron chi connectivity index (χ3n) is 4.27. The van der Waals surface area contributed by atoms with Crippen molar-refractivity contribution in [1.29, 1.82) is 0 Å². The number of sulfonamides is 1. The first kappa shape index (κ1) is 22.3. The number of hydrogen-bond donors (Lipinski definition) is 2. The zero-order valence-corrected chi connectivity index (χ0v) is 17.3. The minimum absolute atomic E-state index is 0.119. The summed E-state index contributed by atoms with van der Waals surface area (Å²) < 4.78 is 26.3. The molecule has 0 heterocycles. The summed E-state index contributed by atoms with van der Waals surface area (Å²) >= 11 is 0. The Morgan fingerprint density at radius 2 is 1.72 bits per heavy atom. The van der Waals surface area contributed by atoms with Crippen molar-refractivity contribution in [2.24, 2.45) is 0 Å². The van der Waals surface area contributed by atoms with E-state index in [2.05, 4.69) is 10.6 Å². The van der Waals surface area contributed by atoms with Crippen LogP contribution in [-0.2, 0) is 14.8 Å². The Morgan fingerprint density at radius 3 is 2.28 bits per heavy atom. The van der Waals surface area contributed by atoms with Gasteiger partial charge in [-0.2, -0.15) is 4.31 Å². The van der Waals surface area contributed by atoms with Gasteiger partial charge in [0.25, 0.3) is 5.69 Å². The van der Waals surface area contributed by atoms with Gasteiger partial charge in [-0.25, -0.2) is 8.42 Å². The van der Waals surface area contributed by atoms with Crippen molar-refractivity contribution < 1.29 is 18.1 Å². The summed E-state index contributed by atoms with van der Waals surface area (Å²) in [4.78, 5) is 22.9. The van der Waals surface area contributed by atoms with Gasteiger partial charge in [0.05, 0.1) is 16.4 Å². The maximum Gasteiger partial charge on any atom is 0.293 e. The highest BCUT2D eigenvalue weighted by Gasteiger charge is 2.21. The molecule has 0 saturated heterocycles. The topological polar surface area (TPSA) is 122 Å². The van der Waals surface area contributed by atoms with E-state index >= 15 is 0 Å². The minimum Gasteiger partial charge on any atom is -0.376 e. The molecule has 0 atom stereocenters. The molecule has 10 heteroatoms. The van der Waals surface area contributed by atoms with Crippen LogP contribution in [0.2, 0.25) is 0 Å². The Kier molecular flexibility index (Phi) is 7.29. The molecule has 156 valence electrons. The molecule has 0 unspecified atom stereocenters. The Bertz CT molecular complexity index is 986. The molecule has 9 nitrogen and oxygen atoms in total. The van der Waals surface area contributed by atoms with Gasteiger partial charge in [-0.15, -0.1) is 0 Å². The van der Waals surface area contributed by atoms with E-state index in [-0.39, 0.29) is 22.8 Å². The zero-order chi connectivity index (χ0) is 21.6. The molecule has 1 amide bonds. The van der Waals surface area contributed by atoms with E-state index in [1.807, 2.05) is 0 Å². The van der Waals surface area contributed by atoms with Gasteiger partial charge in [0.2, 0.25) is 15.9 Å². The van der Waals surface area contributed by atoms with E-state index in [0.717, 1.165) is 0 Å². The van der Waals surface area contributed by atoms with Gasteiger partial charge in [-0.05, 0) is 42.8 Å². The monoisotopic (exact) mass is 420 g/mol. The van der Waals surface area contributed by atoms with Gasteiger partial charge in [0.1, 0.15) is 5.69 Å². The number of anilines is 2. The number of nitrogens with one attached hydrogen (secondary N) is 2. The summed E-state index contributed by atoms with van der Waals surface area (Å²) in [6.07, 6.45) is 0. The number of carbonyl (C=O) groups excluding carboxylic acids is 1. The van der Waals surface area contributed by atoms with Crippen LogP contribution in [0.15, 0.2) is 47.4 Å². The van der Waals surface area contributed by atoms with Crippen LogP contribution in [0.5, 0.6) is 0 Å². The fraction of sp³-hybridized carbons (Fsp3) is 0.316. The molecule has 0 aromatic heterocycles. The number of amides is 1. The van der Waals surface area contributed by atoms with Crippen molar-refractivity contribution in [3.8, 4) is 0 Å². The van der Waals surface area contributed by atoms with Crippen molar-refractivity contribution >= 4 is 33.0 Å². The summed E-state index contributed by atoms with van der Waals surface area (Å²) in [5.41, 5.74) is 1.21. The molecule has 0 bridgehead atoms. The standard InChI is InChI=1S/C19H24N4O5S/c1-4-22(5-2)29(27,28)16-9-7-15(8-10-16)20-13-19(24)21-17-11-6-14(3)12-18(17)23(25)26/h6-12,20H,4-5,13H2,1-3H3,(H,21,24). The predicted octanol–water partition coefficient (Wildman–Crippen LogP) is 2.98. The summed E-state index contributed by atoms with van der Waals surface area (Å²) in [7, 11) is -3.54. The summed E-state index contributed by atoms with van der Waals surface area (Å²) in [6.45, 7) is 5.90. The van der Waals surface area contributed by atoms with Gasteiger partial charge in [-0.1, -0.05) is 19.9 Å². The lowest BCUT2D eigenvalue weighted by Gasteiger charge is -2.18. The first-order chi connectivity index (χ1) is 13.7. The van der Waals surface area contributed by atoms with Gasteiger partial charge >= 0.3 is 0 Å². The molecule has 2 N–H and O–H groups in total. The first-order valence-corrected chi connectivity index (χ1v) is 10.5. The molecule has 0 radical (unpaired) electrons. The van der Waals surface area contributed by atoms with Crippen molar-refractivity contribution in [2.75, 3.05) is 30.3 Å². The fourth-order valence-corrected chi connectivity index (χ4v) is 4.19. The third-order valence-corrected chi connectivity index (χ3v) is 6.34. The summed E-state index contributed by atoms with van der Waals surface area (Å²) in [5.74, 6) is -0.461. The minimum atomic E-state index is -3.54. The Labute approximate surface area is 169 Å². The molecule has 2 rings (SSSR count). The van der Waals surface area contributed by atoms with Crippen LogP contribution < -0.4 is 10.6 Å². The van der Waals surface area contributed by atoms with Crippen molar-refractivity contribution in [1.82, 2.24) is 4.31 Å². The molecular formula is C19H24N4O5S. The molecule has 2 aromatic carbocycles. The molecule has 0 fully saturated rings. The van der Waals surface area contributed by atoms with E-state index in [1.165, 1.54) is 28.6 Å². The molecular weight excluding hydrogens is 396 g/mol. The molecule has 0 aliphatic rings. The van der Waals surface area contributed by atoms with Gasteiger partial charge in [0.15, 0.2) is 0 Å². The second-order valence-electron chi connectivity index (χ2n) is 6.29. The zero-order valence-electron chi connectivity index (χ0n) is 16.5. The highest BCUT2D eigenvalue weighted by molar-refractivity contribution is 7.89. The molecule has 0 spiro atoms. The van der Waals surface area contributed by atoms with E-state index in [9.17, 15) is 23.3 Å². The van der Waals surface area contributed by atoms with Crippen LogP contribution in [0.25, 0.3) is 0 Å². The first-order valence-electron chi connectivity index (χ1n) is 9.08. The maximum atomic E-state index is 12.5. The van der Waals surface area contributed by atoms with Gasteiger partial charge < -0.3 is 10.6 Å². The van der Waals surface area contributed by atoms with E-state index in [1.54, 1.807) is 39.0 Å². The quantitative estimate of drug-likeness (QED) is 0.475. The normalized spacial score (nSPS) is 11.3. The van der Waals surface area contributed by atoms with Crippen LogP contribution in [0.3, 0.4) is 0 Å². The number of nitrogens with zero attached hydrogens (tertiary/aromatic N) is 2. The average molecular weight is 420 g/mol. The second kappa shape index (κ2) is 9.48. The molecule has 2 aromatic rings. The highest BCUT2D eigenvalue weighted by Crippen LogP contribution is 2.25. The number of hydrogen-bond acceptors (Lipinski definition) is 6. The number of nitro groups is 1. The number of carbonyl (C=O) groups is 1. The fourth-order valence-electron chi connectivity index (χ4n) is 2.73. The Hall–Kier alpha value is -2.98. The Morgan fingerprint density at radius 1 is 1.10 bits per heavy atom. The van der Waals surface area contributed by atoms with E-state index < -0.39 is 20.9 Å². The molecule has 0 aliphatic carbocycles. The van der Waals surface area contributed by atoms with Crippen LogP contribution in [-0.4, -0.2) is 43.2 Å². The largest absolute Gasteiger partial charge is 0.376 e. The molecule has 0 aliphatic heterocycles. The summed E-state index contributed by atoms with van der Waals surface area (Å²) in [6, 6.07) is 10.6. The summed E-state index contributed by atoms with van der Waals surface area (Å²) in [5, 5.41) is 16.5. The van der Waals surface area contributed by atoms with Crippen LogP contribution in [0, 0.1) is 17.0 Å². The maximum absolute atomic E-state index is 12.5. The smallest absolute Gasteiger partial charge is 0.293 e. The van der Waals surface area contributed by atoms with Crippen molar-refractivity contribution in [2.45, 2.75) is 25.7 Å². The van der Waals surface area contributed by atoms with Crippen LogP contribution in [0.4, 0.5) is 17.1 Å². The second-order valence-corrected chi connectivity index (χ2v) is 8.23. The van der Waals surface area contributed by atoms with Gasteiger partial charge in [0, 0.05) is 24.8 Å². The van der Waals surface area contributed by atoms with E-state index in [4.69, 9.17) is 0 Å².